The minimum absolute atomic E-state index is 0.336. The van der Waals surface area contributed by atoms with Crippen molar-refractivity contribution in [3.63, 3.8) is 0 Å². The number of nitrogens with zero attached hydrogens (tertiary/aromatic N) is 1. The summed E-state index contributed by atoms with van der Waals surface area (Å²) < 4.78 is 1.02. The van der Waals surface area contributed by atoms with Gasteiger partial charge < -0.3 is 5.32 Å². The van der Waals surface area contributed by atoms with Crippen LogP contribution in [-0.4, -0.2) is 16.9 Å². The number of anilines is 1. The second-order valence-electron chi connectivity index (χ2n) is 4.41. The Morgan fingerprint density at radius 2 is 2.38 bits per heavy atom. The maximum absolute atomic E-state index is 6.24. The van der Waals surface area contributed by atoms with Crippen LogP contribution < -0.4 is 5.32 Å². The third kappa shape index (κ3) is 2.89. The van der Waals surface area contributed by atoms with Crippen molar-refractivity contribution in [2.24, 2.45) is 5.92 Å². The molecule has 2 nitrogen and oxygen atoms in total. The second kappa shape index (κ2) is 5.37. The lowest BCUT2D eigenvalue weighted by atomic mass is 10.1. The van der Waals surface area contributed by atoms with Gasteiger partial charge in [-0.05, 0) is 53.2 Å². The van der Waals surface area contributed by atoms with Crippen LogP contribution in [0.25, 0.3) is 0 Å². The maximum Gasteiger partial charge on any atom is 0.128 e. The largest absolute Gasteiger partial charge is 0.370 e. The number of halogens is 2. The molecule has 0 saturated heterocycles. The molecule has 2 atom stereocenters. The average Bonchev–Trinajstić information content (AvgIpc) is 2.63. The molecule has 1 N–H and O–H groups in total. The zero-order valence-electron chi connectivity index (χ0n) is 9.34. The molecule has 0 bridgehead atoms. The minimum atomic E-state index is 0.336. The van der Waals surface area contributed by atoms with E-state index in [0.29, 0.717) is 11.3 Å². The molecule has 0 radical (unpaired) electrons. The standard InChI is InChI=1S/C12H16BrClN2/c1-8-5-10(13)7-16-12(8)15-6-9-3-2-4-11(9)14/h5,7,9,11H,2-4,6H2,1H3,(H,15,16). The van der Waals surface area contributed by atoms with Crippen molar-refractivity contribution in [1.82, 2.24) is 4.98 Å². The van der Waals surface area contributed by atoms with Crippen LogP contribution in [0.2, 0.25) is 0 Å². The average molecular weight is 304 g/mol. The van der Waals surface area contributed by atoms with Gasteiger partial charge in [-0.25, -0.2) is 4.98 Å². The summed E-state index contributed by atoms with van der Waals surface area (Å²) in [4.78, 5) is 4.36. The summed E-state index contributed by atoms with van der Waals surface area (Å²) in [7, 11) is 0. The number of alkyl halides is 1. The Balaban J connectivity index is 1.94. The number of aromatic nitrogens is 1. The van der Waals surface area contributed by atoms with Crippen LogP contribution in [0.5, 0.6) is 0 Å². The molecule has 1 saturated carbocycles. The third-order valence-corrected chi connectivity index (χ3v) is 4.15. The van der Waals surface area contributed by atoms with Crippen LogP contribution in [0.1, 0.15) is 24.8 Å². The van der Waals surface area contributed by atoms with Gasteiger partial charge in [0.1, 0.15) is 5.82 Å². The lowest BCUT2D eigenvalue weighted by Crippen LogP contribution is -2.19. The molecular weight excluding hydrogens is 288 g/mol. The molecular formula is C12H16BrClN2. The van der Waals surface area contributed by atoms with Gasteiger partial charge in [0.15, 0.2) is 0 Å². The highest BCUT2D eigenvalue weighted by atomic mass is 79.9. The van der Waals surface area contributed by atoms with Crippen LogP contribution in [-0.2, 0) is 0 Å². The Bertz CT molecular complexity index is 370. The summed E-state index contributed by atoms with van der Waals surface area (Å²) in [5.74, 6) is 1.56. The lowest BCUT2D eigenvalue weighted by Gasteiger charge is -2.16. The van der Waals surface area contributed by atoms with Crippen molar-refractivity contribution in [2.45, 2.75) is 31.6 Å². The van der Waals surface area contributed by atoms with E-state index >= 15 is 0 Å². The molecule has 2 rings (SSSR count). The summed E-state index contributed by atoms with van der Waals surface area (Å²) >= 11 is 9.65. The molecule has 1 aliphatic rings. The smallest absolute Gasteiger partial charge is 0.128 e. The fraction of sp³-hybridized carbons (Fsp3) is 0.583. The Morgan fingerprint density at radius 1 is 1.56 bits per heavy atom. The van der Waals surface area contributed by atoms with Crippen molar-refractivity contribution in [1.29, 1.82) is 0 Å². The predicted molar refractivity (Wildman–Crippen MR) is 72.1 cm³/mol. The van der Waals surface area contributed by atoms with E-state index in [1.54, 1.807) is 0 Å². The number of pyridine rings is 1. The van der Waals surface area contributed by atoms with E-state index in [0.717, 1.165) is 23.3 Å². The van der Waals surface area contributed by atoms with E-state index in [9.17, 15) is 0 Å². The van der Waals surface area contributed by atoms with Crippen molar-refractivity contribution in [3.05, 3.63) is 22.3 Å². The van der Waals surface area contributed by atoms with Crippen LogP contribution in [0.15, 0.2) is 16.7 Å². The first kappa shape index (κ1) is 12.2. The SMILES string of the molecule is Cc1cc(Br)cnc1NCC1CCCC1Cl. The molecule has 1 aromatic rings. The summed E-state index contributed by atoms with van der Waals surface area (Å²) in [6.07, 6.45) is 5.47. The van der Waals surface area contributed by atoms with Gasteiger partial charge in [0.25, 0.3) is 0 Å². The summed E-state index contributed by atoms with van der Waals surface area (Å²) in [5.41, 5.74) is 1.17. The highest BCUT2D eigenvalue weighted by molar-refractivity contribution is 9.10. The first-order valence-corrected chi connectivity index (χ1v) is 6.90. The molecule has 0 spiro atoms. The van der Waals surface area contributed by atoms with Gasteiger partial charge >= 0.3 is 0 Å². The Kier molecular flexibility index (Phi) is 4.09. The van der Waals surface area contributed by atoms with Crippen LogP contribution in [0.4, 0.5) is 5.82 Å². The first-order valence-electron chi connectivity index (χ1n) is 5.67. The molecule has 88 valence electrons. The molecule has 1 fully saturated rings. The fourth-order valence-electron chi connectivity index (χ4n) is 2.17. The monoisotopic (exact) mass is 302 g/mol. The Hall–Kier alpha value is -0.280. The minimum Gasteiger partial charge on any atom is -0.370 e. The van der Waals surface area contributed by atoms with Gasteiger partial charge in [0, 0.05) is 22.6 Å². The van der Waals surface area contributed by atoms with E-state index in [1.165, 1.54) is 18.4 Å². The van der Waals surface area contributed by atoms with Crippen LogP contribution in [0, 0.1) is 12.8 Å². The number of hydrogen-bond donors (Lipinski definition) is 1. The quantitative estimate of drug-likeness (QED) is 0.855. The number of rotatable bonds is 3. The van der Waals surface area contributed by atoms with Gasteiger partial charge in [0.2, 0.25) is 0 Å². The third-order valence-electron chi connectivity index (χ3n) is 3.14. The number of aryl methyl sites for hydroxylation is 1. The number of hydrogen-bond acceptors (Lipinski definition) is 2. The van der Waals surface area contributed by atoms with E-state index < -0.39 is 0 Å². The fourth-order valence-corrected chi connectivity index (χ4v) is 2.99. The van der Waals surface area contributed by atoms with Gasteiger partial charge in [-0.1, -0.05) is 6.42 Å². The van der Waals surface area contributed by atoms with Crippen LogP contribution in [0.3, 0.4) is 0 Å². The maximum atomic E-state index is 6.24. The molecule has 1 aliphatic carbocycles. The summed E-state index contributed by atoms with van der Waals surface area (Å²) in [6.45, 7) is 3.00. The molecule has 0 aliphatic heterocycles. The second-order valence-corrected chi connectivity index (χ2v) is 5.88. The van der Waals surface area contributed by atoms with E-state index in [4.69, 9.17) is 11.6 Å². The molecule has 0 aromatic carbocycles. The van der Waals surface area contributed by atoms with E-state index in [1.807, 2.05) is 6.20 Å². The van der Waals surface area contributed by atoms with Crippen molar-refractivity contribution >= 4 is 33.3 Å². The summed E-state index contributed by atoms with van der Waals surface area (Å²) in [6, 6.07) is 2.07. The first-order chi connectivity index (χ1) is 7.66. The van der Waals surface area contributed by atoms with Gasteiger partial charge in [-0.3, -0.25) is 0 Å². The molecule has 2 unspecified atom stereocenters. The van der Waals surface area contributed by atoms with Gasteiger partial charge in [0.05, 0.1) is 0 Å². The molecule has 4 heteroatoms. The molecule has 1 aromatic heterocycles. The summed E-state index contributed by atoms with van der Waals surface area (Å²) in [5, 5.41) is 3.73. The van der Waals surface area contributed by atoms with E-state index in [2.05, 4.69) is 39.2 Å². The highest BCUT2D eigenvalue weighted by Crippen LogP contribution is 2.30. The zero-order valence-corrected chi connectivity index (χ0v) is 11.7. The predicted octanol–water partition coefficient (Wildman–Crippen LogP) is 3.97. The Labute approximate surface area is 110 Å². The van der Waals surface area contributed by atoms with Crippen molar-refractivity contribution < 1.29 is 0 Å². The normalized spacial score (nSPS) is 24.7. The lowest BCUT2D eigenvalue weighted by molar-refractivity contribution is 0.585. The van der Waals surface area contributed by atoms with Crippen LogP contribution >= 0.6 is 27.5 Å². The zero-order chi connectivity index (χ0) is 11.5. The highest BCUT2D eigenvalue weighted by Gasteiger charge is 2.24. The molecule has 16 heavy (non-hydrogen) atoms. The Morgan fingerprint density at radius 3 is 3.00 bits per heavy atom. The number of nitrogens with one attached hydrogen (secondary N) is 1. The van der Waals surface area contributed by atoms with Crippen molar-refractivity contribution in [2.75, 3.05) is 11.9 Å². The van der Waals surface area contributed by atoms with Gasteiger partial charge in [-0.15, -0.1) is 11.6 Å². The molecule has 0 amide bonds. The molecule has 1 heterocycles. The van der Waals surface area contributed by atoms with E-state index in [-0.39, 0.29) is 0 Å². The topological polar surface area (TPSA) is 24.9 Å². The van der Waals surface area contributed by atoms with Crippen molar-refractivity contribution in [3.8, 4) is 0 Å². The van der Waals surface area contributed by atoms with Gasteiger partial charge in [-0.2, -0.15) is 0 Å².